The minimum absolute atomic E-state index is 0.0282. The normalized spacial score (nSPS) is 19.1. The van der Waals surface area contributed by atoms with Gasteiger partial charge in [-0.3, -0.25) is 4.79 Å². The van der Waals surface area contributed by atoms with Crippen LogP contribution in [0.5, 0.6) is 0 Å². The number of carboxylic acids is 1. The lowest BCUT2D eigenvalue weighted by Crippen LogP contribution is -2.45. The molecule has 6 nitrogen and oxygen atoms in total. The van der Waals surface area contributed by atoms with Crippen molar-refractivity contribution in [2.45, 2.75) is 71.5 Å². The molecule has 0 radical (unpaired) electrons. The maximum atomic E-state index is 11.8. The Morgan fingerprint density at radius 1 is 1.32 bits per heavy atom. The summed E-state index contributed by atoms with van der Waals surface area (Å²) in [5, 5.41) is 21.8. The summed E-state index contributed by atoms with van der Waals surface area (Å²) < 4.78 is 5.17. The highest BCUT2D eigenvalue weighted by atomic mass is 16.6. The number of hydrogen-bond donors (Lipinski definition) is 3. The number of nitrogens with one attached hydrogen (secondary N) is 1. The highest BCUT2D eigenvalue weighted by molar-refractivity contribution is 5.76. The van der Waals surface area contributed by atoms with E-state index in [0.717, 1.165) is 12.8 Å². The first kappa shape index (κ1) is 18.7. The van der Waals surface area contributed by atoms with E-state index in [4.69, 9.17) is 4.74 Å². The molecular formula is C16H29NO5. The molecular weight excluding hydrogens is 286 g/mol. The van der Waals surface area contributed by atoms with E-state index >= 15 is 0 Å². The number of amides is 1. The van der Waals surface area contributed by atoms with Crippen molar-refractivity contribution in [3.63, 3.8) is 0 Å². The second-order valence-electron chi connectivity index (χ2n) is 7.48. The van der Waals surface area contributed by atoms with E-state index in [0.29, 0.717) is 25.2 Å². The maximum Gasteiger partial charge on any atom is 0.407 e. The van der Waals surface area contributed by atoms with Crippen molar-refractivity contribution in [3.8, 4) is 0 Å². The quantitative estimate of drug-likeness (QED) is 0.639. The fraction of sp³-hybridized carbons (Fsp3) is 0.875. The fourth-order valence-electron chi connectivity index (χ4n) is 2.45. The maximum absolute atomic E-state index is 11.8. The molecule has 1 saturated carbocycles. The topological polar surface area (TPSA) is 95.9 Å². The lowest BCUT2D eigenvalue weighted by Gasteiger charge is -2.31. The molecule has 2 atom stereocenters. The van der Waals surface area contributed by atoms with Gasteiger partial charge in [0.15, 0.2) is 0 Å². The van der Waals surface area contributed by atoms with Gasteiger partial charge in [-0.25, -0.2) is 4.79 Å². The van der Waals surface area contributed by atoms with Gasteiger partial charge in [0.1, 0.15) is 5.60 Å². The van der Waals surface area contributed by atoms with Gasteiger partial charge in [-0.1, -0.05) is 12.8 Å². The molecule has 0 aromatic rings. The molecule has 6 heteroatoms. The van der Waals surface area contributed by atoms with Crippen LogP contribution in [0, 0.1) is 11.3 Å². The number of carbonyl (C=O) groups is 2. The number of aliphatic hydroxyl groups is 1. The van der Waals surface area contributed by atoms with Crippen molar-refractivity contribution in [3.05, 3.63) is 0 Å². The first-order valence-corrected chi connectivity index (χ1v) is 7.92. The number of carbonyl (C=O) groups excluding carboxylic acids is 1. The molecule has 0 spiro atoms. The largest absolute Gasteiger partial charge is 0.481 e. The van der Waals surface area contributed by atoms with E-state index in [2.05, 4.69) is 5.32 Å². The van der Waals surface area contributed by atoms with Gasteiger partial charge < -0.3 is 20.3 Å². The Labute approximate surface area is 132 Å². The molecule has 0 saturated heterocycles. The molecule has 1 amide bonds. The smallest absolute Gasteiger partial charge is 0.407 e. The molecule has 128 valence electrons. The molecule has 2 unspecified atom stereocenters. The van der Waals surface area contributed by atoms with Gasteiger partial charge in [0.05, 0.1) is 11.5 Å². The predicted octanol–water partition coefficient (Wildman–Crippen LogP) is 2.54. The lowest BCUT2D eigenvalue weighted by molar-refractivity contribution is -0.150. The molecule has 0 heterocycles. The van der Waals surface area contributed by atoms with E-state index in [9.17, 15) is 19.8 Å². The van der Waals surface area contributed by atoms with Gasteiger partial charge in [-0.2, -0.15) is 0 Å². The molecule has 1 fully saturated rings. The van der Waals surface area contributed by atoms with Crippen LogP contribution in [0.25, 0.3) is 0 Å². The monoisotopic (exact) mass is 315 g/mol. The van der Waals surface area contributed by atoms with Crippen LogP contribution in [-0.2, 0) is 9.53 Å². The lowest BCUT2D eigenvalue weighted by atomic mass is 9.77. The molecule has 22 heavy (non-hydrogen) atoms. The number of aliphatic hydroxyl groups excluding tert-OH is 1. The van der Waals surface area contributed by atoms with Crippen molar-refractivity contribution in [2.24, 2.45) is 11.3 Å². The summed E-state index contributed by atoms with van der Waals surface area (Å²) in [7, 11) is 0. The third-order valence-corrected chi connectivity index (χ3v) is 3.84. The predicted molar refractivity (Wildman–Crippen MR) is 82.6 cm³/mol. The molecule has 0 aromatic heterocycles. The van der Waals surface area contributed by atoms with E-state index in [1.54, 1.807) is 27.7 Å². The molecule has 1 aliphatic carbocycles. The van der Waals surface area contributed by atoms with Gasteiger partial charge >= 0.3 is 12.1 Å². The van der Waals surface area contributed by atoms with Crippen LogP contribution in [0.4, 0.5) is 4.79 Å². The first-order valence-electron chi connectivity index (χ1n) is 7.92. The summed E-state index contributed by atoms with van der Waals surface area (Å²) in [6.07, 6.45) is 2.18. The van der Waals surface area contributed by atoms with E-state index in [-0.39, 0.29) is 6.54 Å². The molecule has 1 aliphatic rings. The second-order valence-corrected chi connectivity index (χ2v) is 7.48. The summed E-state index contributed by atoms with van der Waals surface area (Å²) in [6.45, 7) is 6.95. The van der Waals surface area contributed by atoms with Crippen molar-refractivity contribution in [1.29, 1.82) is 0 Å². The summed E-state index contributed by atoms with van der Waals surface area (Å²) in [5.41, 5.74) is -1.65. The first-order chi connectivity index (χ1) is 10.0. The SMILES string of the molecule is CC(O)CCC(CNC(=O)OC(C)(C)C)(CC1CC1)C(=O)O. The Morgan fingerprint density at radius 2 is 1.91 bits per heavy atom. The van der Waals surface area contributed by atoms with E-state index in [1.807, 2.05) is 0 Å². The highest BCUT2D eigenvalue weighted by Crippen LogP contribution is 2.43. The van der Waals surface area contributed by atoms with Crippen molar-refractivity contribution >= 4 is 12.1 Å². The Kier molecular flexibility index (Phi) is 6.23. The zero-order chi connectivity index (χ0) is 17.0. The average molecular weight is 315 g/mol. The number of aliphatic carboxylic acids is 1. The van der Waals surface area contributed by atoms with Crippen LogP contribution in [0.15, 0.2) is 0 Å². The zero-order valence-corrected chi connectivity index (χ0v) is 14.0. The minimum Gasteiger partial charge on any atom is -0.481 e. The van der Waals surface area contributed by atoms with Gasteiger partial charge in [0.25, 0.3) is 0 Å². The summed E-state index contributed by atoms with van der Waals surface area (Å²) in [4.78, 5) is 23.6. The van der Waals surface area contributed by atoms with Crippen LogP contribution in [0.2, 0.25) is 0 Å². The van der Waals surface area contributed by atoms with Gasteiger partial charge in [0.2, 0.25) is 0 Å². The number of carboxylic acid groups (broad SMARTS) is 1. The number of alkyl carbamates (subject to hydrolysis) is 1. The van der Waals surface area contributed by atoms with Crippen molar-refractivity contribution < 1.29 is 24.5 Å². The number of rotatable bonds is 8. The van der Waals surface area contributed by atoms with E-state index < -0.39 is 29.2 Å². The van der Waals surface area contributed by atoms with Gasteiger partial charge in [-0.05, 0) is 52.9 Å². The number of hydrogen-bond acceptors (Lipinski definition) is 4. The van der Waals surface area contributed by atoms with Crippen molar-refractivity contribution in [2.75, 3.05) is 6.54 Å². The van der Waals surface area contributed by atoms with Crippen molar-refractivity contribution in [1.82, 2.24) is 5.32 Å². The van der Waals surface area contributed by atoms with Crippen LogP contribution in [-0.4, -0.2) is 40.5 Å². The number of ether oxygens (including phenoxy) is 1. The third-order valence-electron chi connectivity index (χ3n) is 3.84. The van der Waals surface area contributed by atoms with Crippen LogP contribution in [0.1, 0.15) is 59.8 Å². The Hall–Kier alpha value is -1.30. The summed E-state index contributed by atoms with van der Waals surface area (Å²) >= 11 is 0. The Balaban J connectivity index is 2.70. The second kappa shape index (κ2) is 7.31. The highest BCUT2D eigenvalue weighted by Gasteiger charge is 2.43. The third kappa shape index (κ3) is 6.64. The van der Waals surface area contributed by atoms with Gasteiger partial charge in [0, 0.05) is 6.54 Å². The van der Waals surface area contributed by atoms with Crippen LogP contribution < -0.4 is 5.32 Å². The van der Waals surface area contributed by atoms with Crippen LogP contribution >= 0.6 is 0 Å². The van der Waals surface area contributed by atoms with E-state index in [1.165, 1.54) is 0 Å². The fourth-order valence-corrected chi connectivity index (χ4v) is 2.45. The van der Waals surface area contributed by atoms with Gasteiger partial charge in [-0.15, -0.1) is 0 Å². The Bertz CT molecular complexity index is 398. The standard InChI is InChI=1S/C16H29NO5/c1-11(18)7-8-16(13(19)20,9-12-5-6-12)10-17-14(21)22-15(2,3)4/h11-12,18H,5-10H2,1-4H3,(H,17,21)(H,19,20). The molecule has 1 rings (SSSR count). The summed E-state index contributed by atoms with van der Waals surface area (Å²) in [6, 6.07) is 0. The average Bonchev–Trinajstić information content (AvgIpc) is 3.14. The molecule has 0 aliphatic heterocycles. The van der Waals surface area contributed by atoms with Crippen LogP contribution in [0.3, 0.4) is 0 Å². The zero-order valence-electron chi connectivity index (χ0n) is 14.0. The molecule has 0 bridgehead atoms. The minimum atomic E-state index is -1.03. The Morgan fingerprint density at radius 3 is 2.32 bits per heavy atom. The summed E-state index contributed by atoms with van der Waals surface area (Å²) in [5.74, 6) is -0.512. The molecule has 0 aromatic carbocycles. The molecule has 3 N–H and O–H groups in total.